The number of benzene rings is 1. The molecule has 0 saturated carbocycles. The molecule has 0 fully saturated rings. The summed E-state index contributed by atoms with van der Waals surface area (Å²) < 4.78 is 50.3. The van der Waals surface area contributed by atoms with Crippen molar-refractivity contribution in [3.63, 3.8) is 0 Å². The van der Waals surface area contributed by atoms with E-state index < -0.39 is 29.8 Å². The van der Waals surface area contributed by atoms with Crippen molar-refractivity contribution in [1.82, 2.24) is 10.2 Å². The highest BCUT2D eigenvalue weighted by molar-refractivity contribution is 5.95. The largest absolute Gasteiger partial charge is 0.460 e. The number of rotatable bonds is 6. The maximum atomic E-state index is 13.4. The van der Waals surface area contributed by atoms with Crippen LogP contribution >= 0.6 is 0 Å². The first-order valence-electron chi connectivity index (χ1n) is 8.33. The van der Waals surface area contributed by atoms with Crippen LogP contribution in [0.3, 0.4) is 0 Å². The molecule has 2 rings (SSSR count). The van der Waals surface area contributed by atoms with E-state index in [2.05, 4.69) is 5.32 Å². The summed E-state index contributed by atoms with van der Waals surface area (Å²) in [5.41, 5.74) is -0.919. The molecule has 0 radical (unpaired) electrons. The number of hydrogen-bond acceptors (Lipinski definition) is 4. The van der Waals surface area contributed by atoms with E-state index in [0.29, 0.717) is 0 Å². The van der Waals surface area contributed by atoms with Gasteiger partial charge >= 0.3 is 18.2 Å². The number of nitrogens with one attached hydrogen (secondary N) is 1. The molecule has 27 heavy (non-hydrogen) atoms. The monoisotopic (exact) mass is 386 g/mol. The van der Waals surface area contributed by atoms with Crippen molar-refractivity contribution in [3.8, 4) is 0 Å². The predicted octanol–water partition coefficient (Wildman–Crippen LogP) is 3.26. The molecule has 0 spiro atoms. The number of halogens is 3. The molecule has 1 N–H and O–H groups in total. The second-order valence-electron chi connectivity index (χ2n) is 5.84. The average molecular weight is 386 g/mol. The summed E-state index contributed by atoms with van der Waals surface area (Å²) in [5, 5.41) is 2.50. The Bertz CT molecular complexity index is 746. The Morgan fingerprint density at radius 1 is 1.26 bits per heavy atom. The van der Waals surface area contributed by atoms with Crippen LogP contribution in [0.5, 0.6) is 0 Å². The maximum Gasteiger partial charge on any atom is 0.416 e. The van der Waals surface area contributed by atoms with Gasteiger partial charge < -0.3 is 14.8 Å². The molecule has 1 aliphatic rings. The Balaban J connectivity index is 2.55. The lowest BCUT2D eigenvalue weighted by Crippen LogP contribution is -2.48. The Kier molecular flexibility index (Phi) is 6.48. The van der Waals surface area contributed by atoms with Crippen LogP contribution in [0.4, 0.5) is 18.0 Å². The third-order valence-corrected chi connectivity index (χ3v) is 4.23. The summed E-state index contributed by atoms with van der Waals surface area (Å²) in [6, 6.07) is 2.98. The topological polar surface area (TPSA) is 67.9 Å². The van der Waals surface area contributed by atoms with Gasteiger partial charge in [0.05, 0.1) is 23.8 Å². The van der Waals surface area contributed by atoms with Crippen molar-refractivity contribution in [3.05, 3.63) is 46.7 Å². The van der Waals surface area contributed by atoms with Crippen molar-refractivity contribution < 1.29 is 32.2 Å². The van der Waals surface area contributed by atoms with Crippen molar-refractivity contribution in [2.24, 2.45) is 0 Å². The van der Waals surface area contributed by atoms with Gasteiger partial charge in [0.25, 0.3) is 0 Å². The number of carbonyl (C=O) groups excluding carboxylic acids is 2. The Morgan fingerprint density at radius 2 is 1.93 bits per heavy atom. The lowest BCUT2D eigenvalue weighted by molar-refractivity contribution is -0.142. The molecule has 9 heteroatoms. The molecule has 1 heterocycles. The summed E-state index contributed by atoms with van der Waals surface area (Å²) in [4.78, 5) is 26.2. The van der Waals surface area contributed by atoms with Crippen LogP contribution in [0.1, 0.15) is 31.0 Å². The highest BCUT2D eigenvalue weighted by Crippen LogP contribution is 2.39. The van der Waals surface area contributed by atoms with E-state index in [1.807, 2.05) is 0 Å². The molecule has 1 aromatic carbocycles. The first kappa shape index (κ1) is 20.8. The first-order valence-corrected chi connectivity index (χ1v) is 8.33. The fraction of sp³-hybridized carbons (Fsp3) is 0.444. The van der Waals surface area contributed by atoms with E-state index >= 15 is 0 Å². The van der Waals surface area contributed by atoms with Crippen molar-refractivity contribution in [2.75, 3.05) is 26.9 Å². The van der Waals surface area contributed by atoms with Crippen LogP contribution < -0.4 is 5.32 Å². The molecule has 6 nitrogen and oxygen atoms in total. The number of hydrogen-bond donors (Lipinski definition) is 1. The summed E-state index contributed by atoms with van der Waals surface area (Å²) in [7, 11) is 1.43. The van der Waals surface area contributed by atoms with Crippen LogP contribution in [0.15, 0.2) is 35.5 Å². The second kappa shape index (κ2) is 8.43. The summed E-state index contributed by atoms with van der Waals surface area (Å²) in [6.07, 6.45) is -4.64. The number of nitrogens with zero attached hydrogens (tertiary/aromatic N) is 1. The molecule has 0 saturated heterocycles. The van der Waals surface area contributed by atoms with Crippen LogP contribution in [-0.2, 0) is 20.4 Å². The molecule has 1 aliphatic heterocycles. The zero-order chi connectivity index (χ0) is 20.2. The number of allylic oxidation sites excluding steroid dienone is 1. The van der Waals surface area contributed by atoms with Gasteiger partial charge in [-0.15, -0.1) is 0 Å². The molecular weight excluding hydrogens is 365 g/mol. The average Bonchev–Trinajstić information content (AvgIpc) is 2.61. The first-order chi connectivity index (χ1) is 12.7. The lowest BCUT2D eigenvalue weighted by atomic mass is 9.91. The minimum Gasteiger partial charge on any atom is -0.460 e. The summed E-state index contributed by atoms with van der Waals surface area (Å²) in [5.74, 6) is -0.801. The van der Waals surface area contributed by atoms with Gasteiger partial charge in [-0.05, 0) is 25.5 Å². The van der Waals surface area contributed by atoms with Crippen LogP contribution in [0.25, 0.3) is 0 Å². The summed E-state index contributed by atoms with van der Waals surface area (Å²) in [6.45, 7) is 3.55. The molecule has 1 unspecified atom stereocenters. The Hall–Kier alpha value is -2.55. The highest BCUT2D eigenvalue weighted by Gasteiger charge is 2.41. The van der Waals surface area contributed by atoms with E-state index in [9.17, 15) is 22.8 Å². The number of urea groups is 1. The van der Waals surface area contributed by atoms with Crippen LogP contribution in [-0.4, -0.2) is 43.8 Å². The van der Waals surface area contributed by atoms with Gasteiger partial charge in [0.2, 0.25) is 0 Å². The van der Waals surface area contributed by atoms with E-state index in [1.165, 1.54) is 37.1 Å². The van der Waals surface area contributed by atoms with Gasteiger partial charge in [0.1, 0.15) is 6.61 Å². The molecule has 1 aromatic rings. The Labute approximate surface area is 154 Å². The van der Waals surface area contributed by atoms with Crippen molar-refractivity contribution >= 4 is 12.0 Å². The number of carbonyl (C=O) groups is 2. The van der Waals surface area contributed by atoms with Gasteiger partial charge in [-0.3, -0.25) is 4.90 Å². The maximum absolute atomic E-state index is 13.4. The number of amides is 2. The molecule has 0 aromatic heterocycles. The highest BCUT2D eigenvalue weighted by atomic mass is 19.4. The molecular formula is C18H21F3N2O4. The van der Waals surface area contributed by atoms with Gasteiger partial charge in [-0.25, -0.2) is 9.59 Å². The molecule has 148 valence electrons. The zero-order valence-electron chi connectivity index (χ0n) is 15.2. The molecule has 0 bridgehead atoms. The minimum absolute atomic E-state index is 0.0377. The van der Waals surface area contributed by atoms with E-state index in [4.69, 9.17) is 9.47 Å². The summed E-state index contributed by atoms with van der Waals surface area (Å²) >= 11 is 0. The van der Waals surface area contributed by atoms with Crippen LogP contribution in [0.2, 0.25) is 0 Å². The SMILES string of the molecule is CCN1C(=O)NC(c2ccccc2C(F)(F)F)C(C(=O)OCCOC)=C1C. The minimum atomic E-state index is -4.64. The van der Waals surface area contributed by atoms with Crippen molar-refractivity contribution in [1.29, 1.82) is 0 Å². The zero-order valence-corrected chi connectivity index (χ0v) is 15.2. The van der Waals surface area contributed by atoms with E-state index in [-0.39, 0.29) is 36.6 Å². The van der Waals surface area contributed by atoms with E-state index in [0.717, 1.165) is 6.07 Å². The quantitative estimate of drug-likeness (QED) is 0.602. The van der Waals surface area contributed by atoms with Gasteiger partial charge in [0, 0.05) is 19.4 Å². The van der Waals surface area contributed by atoms with Crippen LogP contribution in [0, 0.1) is 0 Å². The van der Waals surface area contributed by atoms with Gasteiger partial charge in [-0.2, -0.15) is 13.2 Å². The number of esters is 1. The third-order valence-electron chi connectivity index (χ3n) is 4.23. The Morgan fingerprint density at radius 3 is 2.52 bits per heavy atom. The van der Waals surface area contributed by atoms with Crippen molar-refractivity contribution in [2.45, 2.75) is 26.1 Å². The molecule has 2 amide bonds. The smallest absolute Gasteiger partial charge is 0.416 e. The lowest BCUT2D eigenvalue weighted by Gasteiger charge is -2.35. The molecule has 0 aliphatic carbocycles. The number of methoxy groups -OCH3 is 1. The fourth-order valence-electron chi connectivity index (χ4n) is 2.96. The molecule has 1 atom stereocenters. The standard InChI is InChI=1S/C18H21F3N2O4/c1-4-23-11(2)14(16(24)27-10-9-26-3)15(22-17(23)25)12-7-5-6-8-13(12)18(19,20)21/h5-8,15H,4,9-10H2,1-3H3,(H,22,25). The number of ether oxygens (including phenoxy) is 2. The van der Waals surface area contributed by atoms with Gasteiger partial charge in [-0.1, -0.05) is 18.2 Å². The number of alkyl halides is 3. The second-order valence-corrected chi connectivity index (χ2v) is 5.84. The van der Waals surface area contributed by atoms with Gasteiger partial charge in [0.15, 0.2) is 0 Å². The normalized spacial score (nSPS) is 17.8. The fourth-order valence-corrected chi connectivity index (χ4v) is 2.96. The predicted molar refractivity (Wildman–Crippen MR) is 90.6 cm³/mol. The van der Waals surface area contributed by atoms with E-state index in [1.54, 1.807) is 6.92 Å². The third kappa shape index (κ3) is 4.41.